The summed E-state index contributed by atoms with van der Waals surface area (Å²) in [4.78, 5) is 39.2. The minimum atomic E-state index is -0.865. The summed E-state index contributed by atoms with van der Waals surface area (Å²) in [7, 11) is 0. The third-order valence-electron chi connectivity index (χ3n) is 6.30. The van der Waals surface area contributed by atoms with E-state index >= 15 is 0 Å². The van der Waals surface area contributed by atoms with Crippen molar-refractivity contribution < 1.29 is 14.4 Å². The molecule has 0 fully saturated rings. The Labute approximate surface area is 228 Å². The van der Waals surface area contributed by atoms with Crippen LogP contribution in [-0.2, 0) is 29.1 Å². The zero-order valence-electron chi connectivity index (χ0n) is 21.6. The van der Waals surface area contributed by atoms with Gasteiger partial charge in [0.2, 0.25) is 11.8 Å². The molecule has 7 nitrogen and oxygen atoms in total. The lowest BCUT2D eigenvalue weighted by atomic mass is 10.1. The van der Waals surface area contributed by atoms with Crippen molar-refractivity contribution in [3.8, 4) is 0 Å². The quantitative estimate of drug-likeness (QED) is 0.264. The molecule has 0 aromatic heterocycles. The van der Waals surface area contributed by atoms with Crippen LogP contribution in [-0.4, -0.2) is 30.3 Å². The molecule has 4 rings (SSSR count). The maximum absolute atomic E-state index is 12.7. The van der Waals surface area contributed by atoms with Crippen LogP contribution in [0.2, 0.25) is 0 Å². The Balaban J connectivity index is 1.36. The second-order valence-electron chi connectivity index (χ2n) is 9.27. The van der Waals surface area contributed by atoms with Gasteiger partial charge in [-0.2, -0.15) is 0 Å². The van der Waals surface area contributed by atoms with Crippen LogP contribution in [0.25, 0.3) is 0 Å². The molecule has 4 aromatic rings. The van der Waals surface area contributed by atoms with E-state index in [2.05, 4.69) is 39.8 Å². The van der Waals surface area contributed by atoms with Gasteiger partial charge >= 0.3 is 0 Å². The van der Waals surface area contributed by atoms with E-state index < -0.39 is 17.9 Å². The molecule has 0 aliphatic rings. The smallest absolute Gasteiger partial charge is 0.251 e. The van der Waals surface area contributed by atoms with E-state index in [0.29, 0.717) is 18.7 Å². The number of hydrogen-bond acceptors (Lipinski definition) is 4. The van der Waals surface area contributed by atoms with Gasteiger partial charge in [-0.1, -0.05) is 91.0 Å². The van der Waals surface area contributed by atoms with Gasteiger partial charge in [0.1, 0.15) is 6.04 Å². The average molecular weight is 521 g/mol. The molecule has 4 N–H and O–H groups in total. The molecule has 0 heterocycles. The number of benzene rings is 4. The molecule has 0 saturated heterocycles. The van der Waals surface area contributed by atoms with E-state index in [-0.39, 0.29) is 18.9 Å². The molecule has 4 aromatic carbocycles. The van der Waals surface area contributed by atoms with Crippen molar-refractivity contribution in [3.05, 3.63) is 138 Å². The van der Waals surface area contributed by atoms with Crippen LogP contribution in [0.1, 0.15) is 27.0 Å². The van der Waals surface area contributed by atoms with Gasteiger partial charge in [-0.05, 0) is 41.0 Å². The van der Waals surface area contributed by atoms with Crippen LogP contribution < -0.4 is 21.3 Å². The summed E-state index contributed by atoms with van der Waals surface area (Å²) in [6.45, 7) is 1.16. The van der Waals surface area contributed by atoms with Crippen molar-refractivity contribution in [2.24, 2.45) is 5.73 Å². The van der Waals surface area contributed by atoms with E-state index in [1.54, 1.807) is 12.1 Å². The molecule has 198 valence electrons. The molecule has 0 spiro atoms. The molecule has 0 saturated carbocycles. The second kappa shape index (κ2) is 13.6. The average Bonchev–Trinajstić information content (AvgIpc) is 2.97. The number of hydrogen-bond donors (Lipinski definition) is 3. The first-order valence-electron chi connectivity index (χ1n) is 12.8. The Kier molecular flexibility index (Phi) is 9.45. The van der Waals surface area contributed by atoms with E-state index in [0.717, 1.165) is 11.3 Å². The Hall–Kier alpha value is -4.91. The largest absolute Gasteiger partial charge is 0.368 e. The van der Waals surface area contributed by atoms with Gasteiger partial charge in [0.05, 0.1) is 6.54 Å². The third kappa shape index (κ3) is 8.30. The monoisotopic (exact) mass is 520 g/mol. The van der Waals surface area contributed by atoms with E-state index in [9.17, 15) is 14.4 Å². The lowest BCUT2D eigenvalue weighted by Crippen LogP contribution is -2.49. The molecule has 1 atom stereocenters. The lowest BCUT2D eigenvalue weighted by molar-refractivity contribution is -0.126. The minimum Gasteiger partial charge on any atom is -0.368 e. The van der Waals surface area contributed by atoms with Gasteiger partial charge < -0.3 is 21.3 Å². The summed E-state index contributed by atoms with van der Waals surface area (Å²) in [6, 6.07) is 36.2. The van der Waals surface area contributed by atoms with Gasteiger partial charge in [0.15, 0.2) is 0 Å². The molecule has 0 unspecified atom stereocenters. The van der Waals surface area contributed by atoms with Crippen molar-refractivity contribution in [2.75, 3.05) is 11.4 Å². The molecule has 7 heteroatoms. The zero-order chi connectivity index (χ0) is 27.5. The highest BCUT2D eigenvalue weighted by atomic mass is 16.2. The number of amides is 3. The van der Waals surface area contributed by atoms with Crippen LogP contribution in [0.4, 0.5) is 5.69 Å². The fraction of sp³-hybridized carbons (Fsp3) is 0.156. The molecule has 0 aliphatic heterocycles. The van der Waals surface area contributed by atoms with Crippen LogP contribution in [0.3, 0.4) is 0 Å². The van der Waals surface area contributed by atoms with Crippen LogP contribution in [0.5, 0.6) is 0 Å². The fourth-order valence-electron chi connectivity index (χ4n) is 4.25. The highest BCUT2D eigenvalue weighted by Gasteiger charge is 2.19. The van der Waals surface area contributed by atoms with E-state index in [1.165, 1.54) is 11.1 Å². The summed E-state index contributed by atoms with van der Waals surface area (Å²) in [5, 5.41) is 5.23. The molecule has 0 bridgehead atoms. The Morgan fingerprint density at radius 1 is 0.667 bits per heavy atom. The standard InChI is InChI=1S/C32H32N4O3/c33-31(38)29(20-24-10-4-1-5-11-24)35-30(37)21-34-32(39)27-16-18-28(19-17-27)36(22-25-12-6-2-7-13-25)23-26-14-8-3-9-15-26/h1-19,29H,20-23H2,(H2,33,38)(H,34,39)(H,35,37)/t29-/m0/s1. The van der Waals surface area contributed by atoms with E-state index in [1.807, 2.05) is 78.9 Å². The highest BCUT2D eigenvalue weighted by molar-refractivity contribution is 5.97. The fourth-order valence-corrected chi connectivity index (χ4v) is 4.25. The number of rotatable bonds is 12. The predicted molar refractivity (Wildman–Crippen MR) is 153 cm³/mol. The van der Waals surface area contributed by atoms with Crippen molar-refractivity contribution in [2.45, 2.75) is 25.6 Å². The van der Waals surface area contributed by atoms with Crippen molar-refractivity contribution in [1.29, 1.82) is 0 Å². The third-order valence-corrected chi connectivity index (χ3v) is 6.30. The number of carbonyl (C=O) groups is 3. The first kappa shape index (κ1) is 27.1. The number of anilines is 1. The summed E-state index contributed by atoms with van der Waals surface area (Å²) in [5.74, 6) is -1.51. The minimum absolute atomic E-state index is 0.271. The number of carbonyl (C=O) groups excluding carboxylic acids is 3. The second-order valence-corrected chi connectivity index (χ2v) is 9.27. The molecular weight excluding hydrogens is 488 g/mol. The summed E-state index contributed by atoms with van der Waals surface area (Å²) in [6.07, 6.45) is 0.278. The van der Waals surface area contributed by atoms with Gasteiger partial charge in [-0.3, -0.25) is 14.4 Å². The first-order valence-corrected chi connectivity index (χ1v) is 12.8. The molecule has 0 radical (unpaired) electrons. The van der Waals surface area contributed by atoms with Gasteiger partial charge in [0.25, 0.3) is 5.91 Å². The molecule has 39 heavy (non-hydrogen) atoms. The normalized spacial score (nSPS) is 11.3. The summed E-state index contributed by atoms with van der Waals surface area (Å²) in [5.41, 5.74) is 10.1. The van der Waals surface area contributed by atoms with Crippen LogP contribution >= 0.6 is 0 Å². The zero-order valence-corrected chi connectivity index (χ0v) is 21.6. The summed E-state index contributed by atoms with van der Waals surface area (Å²) >= 11 is 0. The number of nitrogens with one attached hydrogen (secondary N) is 2. The molecule has 3 amide bonds. The van der Waals surface area contributed by atoms with Crippen LogP contribution in [0, 0.1) is 0 Å². The van der Waals surface area contributed by atoms with E-state index in [4.69, 9.17) is 5.73 Å². The Morgan fingerprint density at radius 3 is 1.64 bits per heavy atom. The van der Waals surface area contributed by atoms with Gasteiger partial charge in [-0.15, -0.1) is 0 Å². The van der Waals surface area contributed by atoms with Crippen molar-refractivity contribution >= 4 is 23.4 Å². The maximum Gasteiger partial charge on any atom is 0.251 e. The molecule has 0 aliphatic carbocycles. The number of primary amides is 1. The Morgan fingerprint density at radius 2 is 1.15 bits per heavy atom. The maximum atomic E-state index is 12.7. The van der Waals surface area contributed by atoms with Crippen molar-refractivity contribution in [1.82, 2.24) is 10.6 Å². The van der Waals surface area contributed by atoms with Crippen molar-refractivity contribution in [3.63, 3.8) is 0 Å². The Bertz CT molecular complexity index is 1320. The number of nitrogens with two attached hydrogens (primary N) is 1. The number of nitrogens with zero attached hydrogens (tertiary/aromatic N) is 1. The topological polar surface area (TPSA) is 105 Å². The first-order chi connectivity index (χ1) is 19.0. The molecular formula is C32H32N4O3. The van der Waals surface area contributed by atoms with Gasteiger partial charge in [-0.25, -0.2) is 0 Å². The summed E-state index contributed by atoms with van der Waals surface area (Å²) < 4.78 is 0. The van der Waals surface area contributed by atoms with Crippen LogP contribution in [0.15, 0.2) is 115 Å². The van der Waals surface area contributed by atoms with Gasteiger partial charge in [0, 0.05) is 30.8 Å². The SMILES string of the molecule is NC(=O)[C@H](Cc1ccccc1)NC(=O)CNC(=O)c1ccc(N(Cc2ccccc2)Cc2ccccc2)cc1. The lowest BCUT2D eigenvalue weighted by Gasteiger charge is -2.25. The highest BCUT2D eigenvalue weighted by Crippen LogP contribution is 2.21. The predicted octanol–water partition coefficient (Wildman–Crippen LogP) is 3.84.